The summed E-state index contributed by atoms with van der Waals surface area (Å²) >= 11 is 0. The summed E-state index contributed by atoms with van der Waals surface area (Å²) in [6.45, 7) is 6.84. The van der Waals surface area contributed by atoms with Crippen LogP contribution in [0.5, 0.6) is 11.5 Å². The molecule has 32 heavy (non-hydrogen) atoms. The molecule has 0 aliphatic carbocycles. The molecule has 1 aliphatic heterocycles. The first-order valence-electron chi connectivity index (χ1n) is 10.5. The van der Waals surface area contributed by atoms with E-state index in [9.17, 15) is 14.0 Å². The first-order chi connectivity index (χ1) is 15.1. The van der Waals surface area contributed by atoms with Crippen LogP contribution in [0.4, 0.5) is 4.39 Å². The van der Waals surface area contributed by atoms with E-state index in [0.717, 1.165) is 5.56 Å². The number of benzene rings is 2. The number of nitrogens with two attached hydrogens (primary N) is 1. The standard InChI is InChI=1S/C24H29FN2O5/c1-24(2,3)32-10-8-27-23(29)16-6-5-14(12-19(16)25)11-15-13-18(22(26)28)21(30-4)17-7-9-31-20(15)17/h5-6,12-13H,7-11H2,1-4H3,(H2,26,28)(H,27,29). The Hall–Kier alpha value is -3.13. The third kappa shape index (κ3) is 5.37. The summed E-state index contributed by atoms with van der Waals surface area (Å²) in [5, 5.41) is 2.66. The van der Waals surface area contributed by atoms with Gasteiger partial charge in [-0.25, -0.2) is 4.39 Å². The maximum absolute atomic E-state index is 14.7. The van der Waals surface area contributed by atoms with Crippen LogP contribution < -0.4 is 20.5 Å². The average Bonchev–Trinajstić information content (AvgIpc) is 3.20. The summed E-state index contributed by atoms with van der Waals surface area (Å²) in [5.41, 5.74) is 7.57. The third-order valence-corrected chi connectivity index (χ3v) is 5.07. The van der Waals surface area contributed by atoms with Crippen molar-refractivity contribution in [1.29, 1.82) is 0 Å². The molecule has 0 aromatic heterocycles. The minimum atomic E-state index is -0.627. The molecule has 2 aromatic carbocycles. The Balaban J connectivity index is 1.76. The average molecular weight is 445 g/mol. The fourth-order valence-corrected chi connectivity index (χ4v) is 3.66. The number of primary amides is 1. The van der Waals surface area contributed by atoms with Gasteiger partial charge in [0.05, 0.1) is 37.1 Å². The number of hydrogen-bond donors (Lipinski definition) is 2. The first kappa shape index (κ1) is 23.5. The van der Waals surface area contributed by atoms with Crippen LogP contribution in [0.3, 0.4) is 0 Å². The van der Waals surface area contributed by atoms with Crippen LogP contribution in [0.2, 0.25) is 0 Å². The van der Waals surface area contributed by atoms with Gasteiger partial charge in [0, 0.05) is 24.9 Å². The highest BCUT2D eigenvalue weighted by atomic mass is 19.1. The van der Waals surface area contributed by atoms with Crippen LogP contribution in [-0.2, 0) is 17.6 Å². The van der Waals surface area contributed by atoms with Crippen molar-refractivity contribution in [1.82, 2.24) is 5.32 Å². The molecule has 172 valence electrons. The number of carbonyl (C=O) groups excluding carboxylic acids is 2. The van der Waals surface area contributed by atoms with Gasteiger partial charge in [0.25, 0.3) is 11.8 Å². The Labute approximate surface area is 187 Å². The van der Waals surface area contributed by atoms with Gasteiger partial charge in [0.1, 0.15) is 17.3 Å². The van der Waals surface area contributed by atoms with Crippen molar-refractivity contribution in [2.45, 2.75) is 39.2 Å². The molecule has 8 heteroatoms. The molecule has 0 atom stereocenters. The number of rotatable bonds is 8. The van der Waals surface area contributed by atoms with Gasteiger partial charge in [-0.1, -0.05) is 6.07 Å². The Kier molecular flexibility index (Phi) is 7.03. The van der Waals surface area contributed by atoms with Gasteiger partial charge in [-0.15, -0.1) is 0 Å². The van der Waals surface area contributed by atoms with Crippen LogP contribution in [-0.4, -0.2) is 44.3 Å². The molecular weight excluding hydrogens is 415 g/mol. The molecule has 3 rings (SSSR count). The lowest BCUT2D eigenvalue weighted by molar-refractivity contribution is -0.000671. The quantitative estimate of drug-likeness (QED) is 0.610. The molecule has 0 fully saturated rings. The van der Waals surface area contributed by atoms with Crippen molar-refractivity contribution >= 4 is 11.8 Å². The molecule has 0 saturated carbocycles. The molecule has 1 aliphatic rings. The van der Waals surface area contributed by atoms with E-state index < -0.39 is 17.6 Å². The van der Waals surface area contributed by atoms with Crippen LogP contribution in [0.1, 0.15) is 58.2 Å². The Morgan fingerprint density at radius 2 is 1.97 bits per heavy atom. The summed E-state index contributed by atoms with van der Waals surface area (Å²) in [6, 6.07) is 6.07. The highest BCUT2D eigenvalue weighted by molar-refractivity contribution is 5.97. The molecular formula is C24H29FN2O5. The van der Waals surface area contributed by atoms with Gasteiger partial charge >= 0.3 is 0 Å². The van der Waals surface area contributed by atoms with Gasteiger partial charge in [-0.2, -0.15) is 0 Å². The van der Waals surface area contributed by atoms with Crippen LogP contribution in [0.15, 0.2) is 24.3 Å². The maximum atomic E-state index is 14.7. The van der Waals surface area contributed by atoms with Gasteiger partial charge in [-0.3, -0.25) is 9.59 Å². The Bertz CT molecular complexity index is 1030. The number of halogens is 1. The second-order valence-corrected chi connectivity index (χ2v) is 8.59. The SMILES string of the molecule is COc1c(C(N)=O)cc(Cc2ccc(C(=O)NCCOC(C)(C)C)c(F)c2)c2c1CCO2. The molecule has 3 N–H and O–H groups in total. The number of fused-ring (bicyclic) bond motifs is 1. The second-order valence-electron chi connectivity index (χ2n) is 8.59. The van der Waals surface area contributed by atoms with E-state index in [4.69, 9.17) is 19.9 Å². The minimum Gasteiger partial charge on any atom is -0.495 e. The monoisotopic (exact) mass is 444 g/mol. The van der Waals surface area contributed by atoms with Crippen molar-refractivity contribution in [2.75, 3.05) is 26.9 Å². The largest absolute Gasteiger partial charge is 0.495 e. The van der Waals surface area contributed by atoms with Gasteiger partial charge < -0.3 is 25.3 Å². The zero-order valence-corrected chi connectivity index (χ0v) is 18.8. The molecule has 0 saturated heterocycles. The van der Waals surface area contributed by atoms with Crippen molar-refractivity contribution in [3.63, 3.8) is 0 Å². The lowest BCUT2D eigenvalue weighted by atomic mass is 9.96. The van der Waals surface area contributed by atoms with Crippen molar-refractivity contribution in [2.24, 2.45) is 5.73 Å². The summed E-state index contributed by atoms with van der Waals surface area (Å²) in [7, 11) is 1.48. The van der Waals surface area contributed by atoms with Gasteiger partial charge in [-0.05, 0) is 50.1 Å². The highest BCUT2D eigenvalue weighted by Crippen LogP contribution is 2.40. The molecule has 0 radical (unpaired) electrons. The molecule has 0 unspecified atom stereocenters. The van der Waals surface area contributed by atoms with E-state index in [1.165, 1.54) is 19.2 Å². The fraction of sp³-hybridized carbons (Fsp3) is 0.417. The van der Waals surface area contributed by atoms with Crippen LogP contribution >= 0.6 is 0 Å². The predicted molar refractivity (Wildman–Crippen MR) is 118 cm³/mol. The zero-order chi connectivity index (χ0) is 23.5. The molecule has 2 amide bonds. The predicted octanol–water partition coefficient (Wildman–Crippen LogP) is 3.00. The number of hydrogen-bond acceptors (Lipinski definition) is 5. The highest BCUT2D eigenvalue weighted by Gasteiger charge is 2.26. The number of methoxy groups -OCH3 is 1. The fourth-order valence-electron chi connectivity index (χ4n) is 3.66. The topological polar surface area (TPSA) is 99.9 Å². The number of carbonyl (C=O) groups is 2. The smallest absolute Gasteiger partial charge is 0.254 e. The van der Waals surface area contributed by atoms with E-state index in [-0.39, 0.29) is 23.3 Å². The Morgan fingerprint density at radius 3 is 2.59 bits per heavy atom. The Morgan fingerprint density at radius 1 is 1.22 bits per heavy atom. The van der Waals surface area contributed by atoms with Crippen LogP contribution in [0, 0.1) is 5.82 Å². The lowest BCUT2D eigenvalue weighted by Crippen LogP contribution is -2.31. The second kappa shape index (κ2) is 9.56. The summed E-state index contributed by atoms with van der Waals surface area (Å²) in [6.07, 6.45) is 0.907. The van der Waals surface area contributed by atoms with E-state index in [0.29, 0.717) is 48.7 Å². The summed E-state index contributed by atoms with van der Waals surface area (Å²) in [4.78, 5) is 24.2. The van der Waals surface area contributed by atoms with Gasteiger partial charge in [0.2, 0.25) is 0 Å². The van der Waals surface area contributed by atoms with E-state index in [1.54, 1.807) is 12.1 Å². The normalized spacial score (nSPS) is 12.8. The molecule has 0 bridgehead atoms. The molecule has 1 heterocycles. The van der Waals surface area contributed by atoms with Crippen LogP contribution in [0.25, 0.3) is 0 Å². The zero-order valence-electron chi connectivity index (χ0n) is 18.8. The summed E-state index contributed by atoms with van der Waals surface area (Å²) < 4.78 is 31.4. The third-order valence-electron chi connectivity index (χ3n) is 5.07. The van der Waals surface area contributed by atoms with E-state index >= 15 is 0 Å². The first-order valence-corrected chi connectivity index (χ1v) is 10.5. The summed E-state index contributed by atoms with van der Waals surface area (Å²) in [5.74, 6) is -0.684. The molecule has 0 spiro atoms. The number of ether oxygens (including phenoxy) is 3. The van der Waals surface area contributed by atoms with E-state index in [2.05, 4.69) is 5.32 Å². The molecule has 7 nitrogen and oxygen atoms in total. The van der Waals surface area contributed by atoms with Crippen molar-refractivity contribution < 1.29 is 28.2 Å². The van der Waals surface area contributed by atoms with Crippen molar-refractivity contribution in [3.8, 4) is 11.5 Å². The van der Waals surface area contributed by atoms with E-state index in [1.807, 2.05) is 20.8 Å². The minimum absolute atomic E-state index is 0.0430. The maximum Gasteiger partial charge on any atom is 0.254 e. The lowest BCUT2D eigenvalue weighted by Gasteiger charge is -2.19. The number of amides is 2. The molecule has 2 aromatic rings. The van der Waals surface area contributed by atoms with Crippen molar-refractivity contribution in [3.05, 3.63) is 57.9 Å². The van der Waals surface area contributed by atoms with Gasteiger partial charge in [0.15, 0.2) is 0 Å². The number of nitrogens with one attached hydrogen (secondary N) is 1.